The molecule has 2 rings (SSSR count). The lowest BCUT2D eigenvalue weighted by Crippen LogP contribution is -2.31. The predicted octanol–water partition coefficient (Wildman–Crippen LogP) is -0.176. The van der Waals surface area contributed by atoms with Crippen molar-refractivity contribution in [3.05, 3.63) is 16.7 Å². The fourth-order valence-corrected chi connectivity index (χ4v) is 2.24. The molecule has 12 nitrogen and oxygen atoms in total. The van der Waals surface area contributed by atoms with Crippen molar-refractivity contribution >= 4 is 35.0 Å². The third kappa shape index (κ3) is 4.67. The van der Waals surface area contributed by atoms with Gasteiger partial charge in [0.1, 0.15) is 6.33 Å². The van der Waals surface area contributed by atoms with E-state index in [0.29, 0.717) is 11.0 Å². The van der Waals surface area contributed by atoms with Crippen molar-refractivity contribution in [1.29, 1.82) is 0 Å². The van der Waals surface area contributed by atoms with Gasteiger partial charge in [0.15, 0.2) is 11.2 Å². The molecule has 2 N–H and O–H groups in total. The van der Waals surface area contributed by atoms with Crippen LogP contribution in [0.2, 0.25) is 0 Å². The van der Waals surface area contributed by atoms with Crippen molar-refractivity contribution in [2.24, 2.45) is 0 Å². The summed E-state index contributed by atoms with van der Waals surface area (Å²) in [5, 5.41) is 0. The summed E-state index contributed by atoms with van der Waals surface area (Å²) < 4.78 is 17.1. The van der Waals surface area contributed by atoms with Gasteiger partial charge in [0, 0.05) is 27.2 Å². The highest BCUT2D eigenvalue weighted by atomic mass is 16.7. The molecule has 0 aliphatic heterocycles. The quantitative estimate of drug-likeness (QED) is 0.387. The number of fused-ring (bicyclic) bond motifs is 1. The number of anilines is 1. The molecular weight excluding hydrogens is 362 g/mol. The monoisotopic (exact) mass is 381 g/mol. The van der Waals surface area contributed by atoms with Crippen LogP contribution in [0.4, 0.5) is 5.95 Å². The maximum atomic E-state index is 12.6. The average molecular weight is 381 g/mol. The van der Waals surface area contributed by atoms with Crippen LogP contribution in [-0.4, -0.2) is 50.2 Å². The minimum Gasteiger partial charge on any atom is -0.466 e. The number of ether oxygens (including phenoxy) is 3. The maximum absolute atomic E-state index is 12.6. The van der Waals surface area contributed by atoms with Crippen LogP contribution in [0, 0.1) is 0 Å². The molecule has 0 amide bonds. The topological polar surface area (TPSA) is 158 Å². The number of carbonyl (C=O) groups excluding carboxylic acids is 3. The molecule has 0 fully saturated rings. The smallest absolute Gasteiger partial charge is 0.306 e. The molecular formula is C15H19N5O7. The van der Waals surface area contributed by atoms with Gasteiger partial charge in [-0.25, -0.2) is 9.55 Å². The van der Waals surface area contributed by atoms with E-state index in [-0.39, 0.29) is 30.3 Å². The minimum absolute atomic E-state index is 0.0318. The largest absolute Gasteiger partial charge is 0.466 e. The standard InChI is InChI=1S/C15H19N5O7/c1-8(21)20-13(24)11-12(18-14(20)16)17-7-19(11)15(27-10(3)23)26-6-4-5-25-9(2)22/h7,15H,4-6H2,1-3H3,(H2,16,18). The van der Waals surface area contributed by atoms with Crippen LogP contribution in [0.5, 0.6) is 0 Å². The Kier molecular flexibility index (Phi) is 6.23. The number of imidazole rings is 1. The van der Waals surface area contributed by atoms with E-state index >= 15 is 0 Å². The fraction of sp³-hybridized carbons (Fsp3) is 0.467. The summed E-state index contributed by atoms with van der Waals surface area (Å²) in [5.74, 6) is -2.04. The van der Waals surface area contributed by atoms with Crippen LogP contribution in [0.1, 0.15) is 38.4 Å². The Labute approximate surface area is 152 Å². The van der Waals surface area contributed by atoms with Gasteiger partial charge in [-0.05, 0) is 0 Å². The first-order valence-electron chi connectivity index (χ1n) is 7.90. The number of hydrogen-bond donors (Lipinski definition) is 1. The molecule has 27 heavy (non-hydrogen) atoms. The molecule has 0 aliphatic carbocycles. The number of esters is 2. The molecule has 2 heterocycles. The number of carbonyl (C=O) groups is 3. The number of rotatable bonds is 7. The molecule has 0 aliphatic rings. The molecule has 1 atom stereocenters. The number of nitrogens with zero attached hydrogens (tertiary/aromatic N) is 4. The molecule has 0 radical (unpaired) electrons. The Hall–Kier alpha value is -3.28. The van der Waals surface area contributed by atoms with Gasteiger partial charge in [-0.1, -0.05) is 0 Å². The van der Waals surface area contributed by atoms with Crippen LogP contribution in [0.3, 0.4) is 0 Å². The van der Waals surface area contributed by atoms with Crippen molar-refractivity contribution in [3.8, 4) is 0 Å². The molecule has 2 aromatic rings. The SMILES string of the molecule is CC(=O)OCCCOC(OC(C)=O)n1cnc2nc(N)n(C(C)=O)c(=O)c21. The Balaban J connectivity index is 2.35. The Morgan fingerprint density at radius 2 is 1.89 bits per heavy atom. The highest BCUT2D eigenvalue weighted by Gasteiger charge is 2.23. The van der Waals surface area contributed by atoms with Crippen LogP contribution in [-0.2, 0) is 23.8 Å². The van der Waals surface area contributed by atoms with Crippen LogP contribution < -0.4 is 11.3 Å². The van der Waals surface area contributed by atoms with Gasteiger partial charge in [-0.15, -0.1) is 0 Å². The summed E-state index contributed by atoms with van der Waals surface area (Å²) in [7, 11) is 0. The average Bonchev–Trinajstić information content (AvgIpc) is 2.96. The molecule has 0 saturated carbocycles. The summed E-state index contributed by atoms with van der Waals surface area (Å²) in [6.07, 6.45) is 0.179. The third-order valence-corrected chi connectivity index (χ3v) is 3.29. The van der Waals surface area contributed by atoms with E-state index < -0.39 is 29.8 Å². The van der Waals surface area contributed by atoms with Crippen LogP contribution >= 0.6 is 0 Å². The van der Waals surface area contributed by atoms with E-state index in [4.69, 9.17) is 19.9 Å². The van der Waals surface area contributed by atoms with Gasteiger partial charge in [0.25, 0.3) is 12.0 Å². The van der Waals surface area contributed by atoms with Gasteiger partial charge in [-0.3, -0.25) is 23.7 Å². The zero-order valence-corrected chi connectivity index (χ0v) is 15.0. The van der Waals surface area contributed by atoms with E-state index in [2.05, 4.69) is 9.97 Å². The van der Waals surface area contributed by atoms with E-state index in [0.717, 1.165) is 11.5 Å². The van der Waals surface area contributed by atoms with Crippen molar-refractivity contribution < 1.29 is 28.6 Å². The number of nitrogens with two attached hydrogens (primary N) is 1. The summed E-state index contributed by atoms with van der Waals surface area (Å²) in [6.45, 7) is 3.76. The normalized spacial score (nSPS) is 12.0. The summed E-state index contributed by atoms with van der Waals surface area (Å²) in [5.41, 5.74) is 4.69. The molecule has 0 spiro atoms. The molecule has 12 heteroatoms. The van der Waals surface area contributed by atoms with E-state index in [1.165, 1.54) is 20.2 Å². The van der Waals surface area contributed by atoms with Crippen LogP contribution in [0.25, 0.3) is 11.2 Å². The molecule has 0 aromatic carbocycles. The number of nitrogen functional groups attached to an aromatic ring is 1. The fourth-order valence-electron chi connectivity index (χ4n) is 2.24. The van der Waals surface area contributed by atoms with Crippen LogP contribution in [0.15, 0.2) is 11.1 Å². The highest BCUT2D eigenvalue weighted by molar-refractivity contribution is 5.82. The van der Waals surface area contributed by atoms with Crippen molar-refractivity contribution in [2.45, 2.75) is 33.6 Å². The molecule has 2 aromatic heterocycles. The van der Waals surface area contributed by atoms with E-state index in [1.807, 2.05) is 0 Å². The minimum atomic E-state index is -1.33. The zero-order valence-electron chi connectivity index (χ0n) is 15.0. The Bertz CT molecular complexity index is 933. The highest BCUT2D eigenvalue weighted by Crippen LogP contribution is 2.18. The summed E-state index contributed by atoms with van der Waals surface area (Å²) >= 11 is 0. The molecule has 1 unspecified atom stereocenters. The Morgan fingerprint density at radius 1 is 1.19 bits per heavy atom. The molecule has 0 saturated heterocycles. The summed E-state index contributed by atoms with van der Waals surface area (Å²) in [6, 6.07) is 0. The Morgan fingerprint density at radius 3 is 2.48 bits per heavy atom. The maximum Gasteiger partial charge on any atom is 0.306 e. The first-order valence-corrected chi connectivity index (χ1v) is 7.90. The van der Waals surface area contributed by atoms with Gasteiger partial charge < -0.3 is 19.9 Å². The first-order chi connectivity index (χ1) is 12.7. The number of aromatic nitrogens is 4. The number of hydrogen-bond acceptors (Lipinski definition) is 10. The predicted molar refractivity (Wildman–Crippen MR) is 90.5 cm³/mol. The van der Waals surface area contributed by atoms with Crippen molar-refractivity contribution in [3.63, 3.8) is 0 Å². The van der Waals surface area contributed by atoms with Gasteiger partial charge in [0.2, 0.25) is 11.9 Å². The van der Waals surface area contributed by atoms with Crippen molar-refractivity contribution in [2.75, 3.05) is 18.9 Å². The van der Waals surface area contributed by atoms with Gasteiger partial charge in [0.05, 0.1) is 13.2 Å². The second kappa shape index (κ2) is 8.40. The van der Waals surface area contributed by atoms with Gasteiger partial charge >= 0.3 is 11.9 Å². The molecule has 0 bridgehead atoms. The van der Waals surface area contributed by atoms with E-state index in [1.54, 1.807) is 0 Å². The zero-order chi connectivity index (χ0) is 20.1. The molecule has 146 valence electrons. The lowest BCUT2D eigenvalue weighted by Gasteiger charge is -2.19. The second-order valence-electron chi connectivity index (χ2n) is 5.43. The van der Waals surface area contributed by atoms with Crippen molar-refractivity contribution in [1.82, 2.24) is 19.1 Å². The lowest BCUT2D eigenvalue weighted by atomic mass is 10.5. The first kappa shape index (κ1) is 20.0. The lowest BCUT2D eigenvalue weighted by molar-refractivity contribution is -0.199. The van der Waals surface area contributed by atoms with E-state index in [9.17, 15) is 19.2 Å². The third-order valence-electron chi connectivity index (χ3n) is 3.29. The van der Waals surface area contributed by atoms with Gasteiger partial charge in [-0.2, -0.15) is 4.98 Å². The second-order valence-corrected chi connectivity index (χ2v) is 5.43. The summed E-state index contributed by atoms with van der Waals surface area (Å²) in [4.78, 5) is 54.3.